The molecule has 2 aromatic carbocycles. The number of nitrogens with two attached hydrogens (primary N) is 1. The highest BCUT2D eigenvalue weighted by atomic mass is 32.2. The van der Waals surface area contributed by atoms with Crippen molar-refractivity contribution in [2.75, 3.05) is 11.3 Å². The number of hydrogen-bond donors (Lipinski definition) is 3. The maximum atomic E-state index is 12.3. The molecule has 1 aromatic heterocycles. The second-order valence-corrected chi connectivity index (χ2v) is 7.18. The van der Waals surface area contributed by atoms with Gasteiger partial charge in [-0.05, 0) is 48.4 Å². The van der Waals surface area contributed by atoms with Crippen molar-refractivity contribution < 1.29 is 8.42 Å². The van der Waals surface area contributed by atoms with Gasteiger partial charge in [-0.1, -0.05) is 24.3 Å². The molecule has 3 rings (SSSR count). The van der Waals surface area contributed by atoms with Crippen LogP contribution in [0.25, 0.3) is 10.9 Å². The molecule has 120 valence electrons. The standard InChI is InChI=1S/C17H19N3O2S/c18-9-8-14-11-19-17-7-6-13(10-16(14)17)12-23(21,22)20-15-4-2-1-3-5-15/h1-7,10-11,19-20H,8-9,12,18H2. The van der Waals surface area contributed by atoms with E-state index < -0.39 is 10.0 Å². The van der Waals surface area contributed by atoms with Crippen molar-refractivity contribution in [1.29, 1.82) is 0 Å². The molecule has 0 fully saturated rings. The molecule has 4 N–H and O–H groups in total. The van der Waals surface area contributed by atoms with Crippen molar-refractivity contribution >= 4 is 26.6 Å². The van der Waals surface area contributed by atoms with E-state index in [0.29, 0.717) is 12.2 Å². The second-order valence-electron chi connectivity index (χ2n) is 5.46. The van der Waals surface area contributed by atoms with Crippen LogP contribution in [-0.4, -0.2) is 19.9 Å². The van der Waals surface area contributed by atoms with E-state index >= 15 is 0 Å². The molecule has 3 aromatic rings. The molecule has 6 heteroatoms. The zero-order valence-corrected chi connectivity index (χ0v) is 13.4. The molecular weight excluding hydrogens is 310 g/mol. The third-order valence-corrected chi connectivity index (χ3v) is 4.91. The fourth-order valence-electron chi connectivity index (χ4n) is 2.62. The predicted molar refractivity (Wildman–Crippen MR) is 93.7 cm³/mol. The zero-order chi connectivity index (χ0) is 16.3. The Labute approximate surface area is 135 Å². The van der Waals surface area contributed by atoms with Gasteiger partial charge in [0.05, 0.1) is 5.75 Å². The number of anilines is 1. The molecule has 0 amide bonds. The number of aromatic amines is 1. The summed E-state index contributed by atoms with van der Waals surface area (Å²) in [6.07, 6.45) is 2.69. The van der Waals surface area contributed by atoms with Gasteiger partial charge in [0.15, 0.2) is 0 Å². The Morgan fingerprint density at radius 3 is 2.61 bits per heavy atom. The molecule has 5 nitrogen and oxygen atoms in total. The summed E-state index contributed by atoms with van der Waals surface area (Å²) in [5, 5.41) is 1.03. The number of fused-ring (bicyclic) bond motifs is 1. The lowest BCUT2D eigenvalue weighted by molar-refractivity contribution is 0.600. The summed E-state index contributed by atoms with van der Waals surface area (Å²) >= 11 is 0. The predicted octanol–water partition coefficient (Wildman–Crippen LogP) is 2.61. The van der Waals surface area contributed by atoms with Crippen molar-refractivity contribution in [1.82, 2.24) is 4.98 Å². The number of rotatable bonds is 6. The highest BCUT2D eigenvalue weighted by Crippen LogP contribution is 2.22. The van der Waals surface area contributed by atoms with Gasteiger partial charge in [0.1, 0.15) is 0 Å². The molecule has 23 heavy (non-hydrogen) atoms. The third-order valence-electron chi connectivity index (χ3n) is 3.65. The average Bonchev–Trinajstić information content (AvgIpc) is 2.90. The molecule has 0 aliphatic heterocycles. The summed E-state index contributed by atoms with van der Waals surface area (Å²) in [6.45, 7) is 0.561. The number of benzene rings is 2. The van der Waals surface area contributed by atoms with Crippen LogP contribution in [0, 0.1) is 0 Å². The largest absolute Gasteiger partial charge is 0.361 e. The Kier molecular flexibility index (Phi) is 4.36. The SMILES string of the molecule is NCCc1c[nH]c2ccc(CS(=O)(=O)Nc3ccccc3)cc12. The summed E-state index contributed by atoms with van der Waals surface area (Å²) < 4.78 is 27.2. The lowest BCUT2D eigenvalue weighted by Crippen LogP contribution is -2.15. The first-order valence-electron chi connectivity index (χ1n) is 7.42. The second kappa shape index (κ2) is 6.44. The van der Waals surface area contributed by atoms with E-state index in [2.05, 4.69) is 9.71 Å². The lowest BCUT2D eigenvalue weighted by atomic mass is 10.1. The lowest BCUT2D eigenvalue weighted by Gasteiger charge is -2.08. The number of nitrogens with one attached hydrogen (secondary N) is 2. The van der Waals surface area contributed by atoms with E-state index in [0.717, 1.165) is 28.5 Å². The van der Waals surface area contributed by atoms with Crippen LogP contribution in [0.1, 0.15) is 11.1 Å². The fourth-order valence-corrected chi connectivity index (χ4v) is 3.80. The monoisotopic (exact) mass is 329 g/mol. The molecule has 0 spiro atoms. The van der Waals surface area contributed by atoms with Crippen molar-refractivity contribution in [2.45, 2.75) is 12.2 Å². The zero-order valence-electron chi connectivity index (χ0n) is 12.6. The Morgan fingerprint density at radius 2 is 1.87 bits per heavy atom. The highest BCUT2D eigenvalue weighted by molar-refractivity contribution is 7.91. The molecule has 0 unspecified atom stereocenters. The minimum Gasteiger partial charge on any atom is -0.361 e. The van der Waals surface area contributed by atoms with Crippen molar-refractivity contribution in [3.8, 4) is 0 Å². The van der Waals surface area contributed by atoms with Crippen molar-refractivity contribution in [2.24, 2.45) is 5.73 Å². The number of para-hydroxylation sites is 1. The van der Waals surface area contributed by atoms with Gasteiger partial charge in [-0.25, -0.2) is 8.42 Å². The number of hydrogen-bond acceptors (Lipinski definition) is 3. The minimum atomic E-state index is -3.45. The summed E-state index contributed by atoms with van der Waals surface area (Å²) in [5.41, 5.74) is 9.03. The smallest absolute Gasteiger partial charge is 0.236 e. The van der Waals surface area contributed by atoms with Crippen LogP contribution in [-0.2, 0) is 22.2 Å². The Bertz CT molecular complexity index is 902. The van der Waals surface area contributed by atoms with Gasteiger partial charge in [-0.3, -0.25) is 4.72 Å². The van der Waals surface area contributed by atoms with Gasteiger partial charge in [0, 0.05) is 22.8 Å². The first-order valence-corrected chi connectivity index (χ1v) is 9.07. The van der Waals surface area contributed by atoms with E-state index in [1.54, 1.807) is 24.3 Å². The minimum absolute atomic E-state index is 0.0644. The van der Waals surface area contributed by atoms with Gasteiger partial charge in [-0.15, -0.1) is 0 Å². The van der Waals surface area contributed by atoms with Crippen molar-refractivity contribution in [3.63, 3.8) is 0 Å². The van der Waals surface area contributed by atoms with Crippen LogP contribution >= 0.6 is 0 Å². The Morgan fingerprint density at radius 1 is 1.09 bits per heavy atom. The molecule has 1 heterocycles. The van der Waals surface area contributed by atoms with E-state index in [1.807, 2.05) is 30.5 Å². The maximum Gasteiger partial charge on any atom is 0.236 e. The van der Waals surface area contributed by atoms with E-state index in [4.69, 9.17) is 5.73 Å². The number of aromatic nitrogens is 1. The Balaban J connectivity index is 1.84. The summed E-state index contributed by atoms with van der Waals surface area (Å²) in [4.78, 5) is 3.18. The number of H-pyrrole nitrogens is 1. The quantitative estimate of drug-likeness (QED) is 0.649. The first-order chi connectivity index (χ1) is 11.1. The van der Waals surface area contributed by atoms with Crippen LogP contribution < -0.4 is 10.5 Å². The van der Waals surface area contributed by atoms with Crippen LogP contribution in [0.3, 0.4) is 0 Å². The van der Waals surface area contributed by atoms with Gasteiger partial charge >= 0.3 is 0 Å². The summed E-state index contributed by atoms with van der Waals surface area (Å²) in [5.74, 6) is -0.0644. The van der Waals surface area contributed by atoms with Gasteiger partial charge in [-0.2, -0.15) is 0 Å². The highest BCUT2D eigenvalue weighted by Gasteiger charge is 2.13. The fraction of sp³-hybridized carbons (Fsp3) is 0.176. The van der Waals surface area contributed by atoms with Crippen molar-refractivity contribution in [3.05, 3.63) is 65.9 Å². The molecule has 0 aliphatic carbocycles. The van der Waals surface area contributed by atoms with E-state index in [-0.39, 0.29) is 5.75 Å². The summed E-state index contributed by atoms with van der Waals surface area (Å²) in [6, 6.07) is 14.5. The molecule has 0 saturated heterocycles. The van der Waals surface area contributed by atoms with Gasteiger partial charge in [0.25, 0.3) is 0 Å². The normalized spacial score (nSPS) is 11.7. The van der Waals surface area contributed by atoms with Crippen LogP contribution in [0.2, 0.25) is 0 Å². The molecular formula is C17H19N3O2S. The topological polar surface area (TPSA) is 88.0 Å². The first kappa shape index (κ1) is 15.6. The summed E-state index contributed by atoms with van der Waals surface area (Å²) in [7, 11) is -3.45. The maximum absolute atomic E-state index is 12.3. The van der Waals surface area contributed by atoms with Gasteiger partial charge in [0.2, 0.25) is 10.0 Å². The van der Waals surface area contributed by atoms with Crippen LogP contribution in [0.5, 0.6) is 0 Å². The van der Waals surface area contributed by atoms with Gasteiger partial charge < -0.3 is 10.7 Å². The molecule has 0 aliphatic rings. The molecule has 0 radical (unpaired) electrons. The Hall–Kier alpha value is -2.31. The number of sulfonamides is 1. The van der Waals surface area contributed by atoms with E-state index in [1.165, 1.54) is 0 Å². The molecule has 0 bridgehead atoms. The molecule has 0 atom stereocenters. The third kappa shape index (κ3) is 3.72. The average molecular weight is 329 g/mol. The van der Waals surface area contributed by atoms with Crippen LogP contribution in [0.4, 0.5) is 5.69 Å². The molecule has 0 saturated carbocycles. The van der Waals surface area contributed by atoms with E-state index in [9.17, 15) is 8.42 Å². The van der Waals surface area contributed by atoms with Crippen LogP contribution in [0.15, 0.2) is 54.7 Å².